The topological polar surface area (TPSA) is 42.7 Å². The Bertz CT molecular complexity index is 444. The fourth-order valence-electron chi connectivity index (χ4n) is 1.66. The van der Waals surface area contributed by atoms with Crippen molar-refractivity contribution in [1.82, 2.24) is 19.9 Å². The highest BCUT2D eigenvalue weighted by molar-refractivity contribution is 7.09. The van der Waals surface area contributed by atoms with E-state index in [4.69, 9.17) is 0 Å². The summed E-state index contributed by atoms with van der Waals surface area (Å²) in [5.74, 6) is 0. The van der Waals surface area contributed by atoms with Gasteiger partial charge in [0.15, 0.2) is 0 Å². The van der Waals surface area contributed by atoms with Crippen LogP contribution in [0.4, 0.5) is 0 Å². The standard InChI is InChI=1S/C11H14N4S/c1-2-9(1)14-4-10-3-12-7-15(10)6-11-5-13-8-16-11/h3,5,7-9,14H,1-2,4,6H2. The summed E-state index contributed by atoms with van der Waals surface area (Å²) in [6.45, 7) is 1.80. The van der Waals surface area contributed by atoms with Crippen LogP contribution in [0.15, 0.2) is 24.2 Å². The lowest BCUT2D eigenvalue weighted by Crippen LogP contribution is -2.18. The van der Waals surface area contributed by atoms with Crippen LogP contribution in [0, 0.1) is 0 Å². The van der Waals surface area contributed by atoms with Crippen LogP contribution in [0.2, 0.25) is 0 Å². The molecule has 2 heterocycles. The van der Waals surface area contributed by atoms with Crippen LogP contribution in [0.3, 0.4) is 0 Å². The van der Waals surface area contributed by atoms with E-state index < -0.39 is 0 Å². The van der Waals surface area contributed by atoms with Gasteiger partial charge in [-0.2, -0.15) is 0 Å². The van der Waals surface area contributed by atoms with E-state index in [2.05, 4.69) is 19.9 Å². The van der Waals surface area contributed by atoms with Gasteiger partial charge in [-0.05, 0) is 12.8 Å². The van der Waals surface area contributed by atoms with Crippen LogP contribution in [0.25, 0.3) is 0 Å². The Morgan fingerprint density at radius 1 is 1.38 bits per heavy atom. The third-order valence-corrected chi connectivity index (χ3v) is 3.52. The van der Waals surface area contributed by atoms with Crippen LogP contribution in [-0.4, -0.2) is 20.6 Å². The molecule has 0 radical (unpaired) electrons. The molecule has 0 aliphatic heterocycles. The lowest BCUT2D eigenvalue weighted by molar-refractivity contribution is 0.636. The van der Waals surface area contributed by atoms with Crippen molar-refractivity contribution in [3.8, 4) is 0 Å². The molecule has 1 saturated carbocycles. The monoisotopic (exact) mass is 234 g/mol. The Hall–Kier alpha value is -1.20. The first-order valence-corrected chi connectivity index (χ1v) is 6.39. The molecule has 0 saturated heterocycles. The maximum absolute atomic E-state index is 4.21. The molecule has 84 valence electrons. The van der Waals surface area contributed by atoms with Gasteiger partial charge in [0.05, 0.1) is 24.1 Å². The van der Waals surface area contributed by atoms with Crippen molar-refractivity contribution in [2.24, 2.45) is 0 Å². The molecule has 0 spiro atoms. The molecule has 1 N–H and O–H groups in total. The summed E-state index contributed by atoms with van der Waals surface area (Å²) < 4.78 is 2.18. The number of imidazole rings is 1. The minimum atomic E-state index is 0.742. The van der Waals surface area contributed by atoms with E-state index in [1.165, 1.54) is 23.4 Å². The highest BCUT2D eigenvalue weighted by Gasteiger charge is 2.20. The Morgan fingerprint density at radius 2 is 2.31 bits per heavy atom. The summed E-state index contributed by atoms with van der Waals surface area (Å²) in [7, 11) is 0. The predicted molar refractivity (Wildman–Crippen MR) is 63.3 cm³/mol. The SMILES string of the molecule is c1ncc(Cn2cncc2CNC2CC2)s1. The minimum Gasteiger partial charge on any atom is -0.328 e. The van der Waals surface area contributed by atoms with Crippen LogP contribution in [-0.2, 0) is 13.1 Å². The van der Waals surface area contributed by atoms with Crippen LogP contribution in [0.1, 0.15) is 23.4 Å². The Balaban J connectivity index is 1.66. The number of aromatic nitrogens is 3. The van der Waals surface area contributed by atoms with Crippen LogP contribution in [0.5, 0.6) is 0 Å². The number of hydrogen-bond donors (Lipinski definition) is 1. The smallest absolute Gasteiger partial charge is 0.0952 e. The molecule has 2 aromatic heterocycles. The average molecular weight is 234 g/mol. The van der Waals surface area contributed by atoms with E-state index in [9.17, 15) is 0 Å². The van der Waals surface area contributed by atoms with Crippen LogP contribution < -0.4 is 5.32 Å². The largest absolute Gasteiger partial charge is 0.328 e. The van der Waals surface area contributed by atoms with Gasteiger partial charge in [0.25, 0.3) is 0 Å². The molecule has 0 unspecified atom stereocenters. The minimum absolute atomic E-state index is 0.742. The van der Waals surface area contributed by atoms with Crippen molar-refractivity contribution in [2.75, 3.05) is 0 Å². The van der Waals surface area contributed by atoms with Crippen molar-refractivity contribution in [2.45, 2.75) is 32.0 Å². The number of hydrogen-bond acceptors (Lipinski definition) is 4. The van der Waals surface area contributed by atoms with Gasteiger partial charge in [-0.15, -0.1) is 11.3 Å². The lowest BCUT2D eigenvalue weighted by Gasteiger charge is -2.07. The average Bonchev–Trinajstić information content (AvgIpc) is 2.79. The second-order valence-corrected chi connectivity index (χ2v) is 5.11. The van der Waals surface area contributed by atoms with Crippen molar-refractivity contribution < 1.29 is 0 Å². The third-order valence-electron chi connectivity index (χ3n) is 2.76. The van der Waals surface area contributed by atoms with Gasteiger partial charge in [0.1, 0.15) is 0 Å². The molecule has 4 nitrogen and oxygen atoms in total. The molecule has 1 fully saturated rings. The fraction of sp³-hybridized carbons (Fsp3) is 0.455. The van der Waals surface area contributed by atoms with Crippen LogP contribution >= 0.6 is 11.3 Å². The zero-order valence-electron chi connectivity index (χ0n) is 8.97. The van der Waals surface area contributed by atoms with Gasteiger partial charge in [0.2, 0.25) is 0 Å². The molecule has 0 bridgehead atoms. The molecular weight excluding hydrogens is 220 g/mol. The van der Waals surface area contributed by atoms with Gasteiger partial charge in [-0.3, -0.25) is 4.98 Å². The number of nitrogens with one attached hydrogen (secondary N) is 1. The maximum atomic E-state index is 4.21. The molecule has 1 aliphatic rings. The highest BCUT2D eigenvalue weighted by atomic mass is 32.1. The predicted octanol–water partition coefficient (Wildman–Crippen LogP) is 1.64. The van der Waals surface area contributed by atoms with Crippen molar-refractivity contribution in [1.29, 1.82) is 0 Å². The Morgan fingerprint density at radius 3 is 3.06 bits per heavy atom. The van der Waals surface area contributed by atoms with Gasteiger partial charge in [0, 0.05) is 29.9 Å². The first-order valence-electron chi connectivity index (χ1n) is 5.51. The van der Waals surface area contributed by atoms with E-state index in [0.717, 1.165) is 19.1 Å². The molecule has 0 aromatic carbocycles. The molecule has 0 atom stereocenters. The zero-order chi connectivity index (χ0) is 10.8. The quantitative estimate of drug-likeness (QED) is 0.855. The summed E-state index contributed by atoms with van der Waals surface area (Å²) in [6.07, 6.45) is 8.40. The van der Waals surface area contributed by atoms with E-state index in [1.807, 2.05) is 24.2 Å². The number of thiazole rings is 1. The van der Waals surface area contributed by atoms with Crippen molar-refractivity contribution in [3.63, 3.8) is 0 Å². The summed E-state index contributed by atoms with van der Waals surface area (Å²) in [6, 6.07) is 0.742. The first-order chi connectivity index (χ1) is 7.92. The fourth-order valence-corrected chi connectivity index (χ4v) is 2.25. The zero-order valence-corrected chi connectivity index (χ0v) is 9.78. The Kier molecular flexibility index (Phi) is 2.71. The van der Waals surface area contributed by atoms with E-state index >= 15 is 0 Å². The van der Waals surface area contributed by atoms with E-state index in [0.29, 0.717) is 0 Å². The number of nitrogens with zero attached hydrogens (tertiary/aromatic N) is 3. The van der Waals surface area contributed by atoms with Crippen molar-refractivity contribution in [3.05, 3.63) is 34.8 Å². The highest BCUT2D eigenvalue weighted by Crippen LogP contribution is 2.19. The summed E-state index contributed by atoms with van der Waals surface area (Å²) >= 11 is 1.69. The molecule has 16 heavy (non-hydrogen) atoms. The second kappa shape index (κ2) is 4.35. The Labute approximate surface area is 98.4 Å². The molecule has 5 heteroatoms. The van der Waals surface area contributed by atoms with Gasteiger partial charge >= 0.3 is 0 Å². The first kappa shape index (κ1) is 9.99. The number of rotatable bonds is 5. The third kappa shape index (κ3) is 2.31. The molecule has 1 aliphatic carbocycles. The molecule has 3 rings (SSSR count). The normalized spacial score (nSPS) is 15.5. The molecule has 0 amide bonds. The molecular formula is C11H14N4S. The summed E-state index contributed by atoms with van der Waals surface area (Å²) in [5, 5.41) is 3.51. The molecule has 2 aromatic rings. The van der Waals surface area contributed by atoms with Crippen molar-refractivity contribution >= 4 is 11.3 Å². The second-order valence-electron chi connectivity index (χ2n) is 4.14. The summed E-state index contributed by atoms with van der Waals surface area (Å²) in [5.41, 5.74) is 3.12. The van der Waals surface area contributed by atoms with E-state index in [-0.39, 0.29) is 0 Å². The maximum Gasteiger partial charge on any atom is 0.0952 e. The summed E-state index contributed by atoms with van der Waals surface area (Å²) in [4.78, 5) is 9.56. The lowest BCUT2D eigenvalue weighted by atomic mass is 10.4. The van der Waals surface area contributed by atoms with Gasteiger partial charge in [-0.25, -0.2) is 4.98 Å². The van der Waals surface area contributed by atoms with Gasteiger partial charge < -0.3 is 9.88 Å². The van der Waals surface area contributed by atoms with E-state index in [1.54, 1.807) is 11.3 Å². The van der Waals surface area contributed by atoms with Gasteiger partial charge in [-0.1, -0.05) is 0 Å².